The lowest BCUT2D eigenvalue weighted by Crippen LogP contribution is -2.48. The quantitative estimate of drug-likeness (QED) is 0.585. The number of amides is 1. The number of nitrogens with two attached hydrogens (primary N) is 1. The molecule has 2 bridgehead atoms. The van der Waals surface area contributed by atoms with E-state index < -0.39 is 23.9 Å². The molecule has 29 heavy (non-hydrogen) atoms. The number of ether oxygens (including phenoxy) is 1. The predicted molar refractivity (Wildman–Crippen MR) is 105 cm³/mol. The molecule has 1 aromatic carbocycles. The summed E-state index contributed by atoms with van der Waals surface area (Å²) >= 11 is 3.48. The van der Waals surface area contributed by atoms with Crippen LogP contribution in [0.15, 0.2) is 39.3 Å². The number of hydrogen-bond donors (Lipinski definition) is 1. The topological polar surface area (TPSA) is 78.4 Å². The zero-order valence-corrected chi connectivity index (χ0v) is 17.7. The van der Waals surface area contributed by atoms with Gasteiger partial charge in [-0.25, -0.2) is 4.79 Å². The number of halogens is 3. The lowest BCUT2D eigenvalue weighted by atomic mass is 9.50. The van der Waals surface area contributed by atoms with Crippen molar-refractivity contribution in [3.8, 4) is 0 Å². The molecule has 5 rings (SSSR count). The molecule has 0 radical (unpaired) electrons. The summed E-state index contributed by atoms with van der Waals surface area (Å²) in [4.78, 5) is 11.7. The van der Waals surface area contributed by atoms with Gasteiger partial charge in [-0.1, -0.05) is 33.2 Å². The van der Waals surface area contributed by atoms with E-state index in [0.29, 0.717) is 5.69 Å². The van der Waals surface area contributed by atoms with Crippen LogP contribution in [0.25, 0.3) is 0 Å². The molecule has 3 saturated carbocycles. The first-order chi connectivity index (χ1) is 13.6. The monoisotopic (exact) mass is 468 g/mol. The zero-order chi connectivity index (χ0) is 20.9. The summed E-state index contributed by atoms with van der Waals surface area (Å²) in [7, 11) is 0. The summed E-state index contributed by atoms with van der Waals surface area (Å²) in [5.41, 5.74) is 6.43. The van der Waals surface area contributed by atoms with Gasteiger partial charge in [-0.15, -0.1) is 0 Å². The Morgan fingerprint density at radius 1 is 1.24 bits per heavy atom. The molecule has 2 aromatic rings. The van der Waals surface area contributed by atoms with E-state index in [-0.39, 0.29) is 10.8 Å². The van der Waals surface area contributed by atoms with Crippen molar-refractivity contribution < 1.29 is 22.8 Å². The fourth-order valence-corrected chi connectivity index (χ4v) is 5.47. The fraction of sp³-hybridized carbons (Fsp3) is 0.524. The standard InChI is InChI=1S/C21H23BrF2N2O3/c1-19(23,24)16-12-15(26-29-16)20-5-8-21(9-6-20,10-7-20)17(28-18(25)27)13-3-2-4-14(22)11-13/h2-4,11-12,17H,5-10H2,1H3,(H2,25,27). The SMILES string of the molecule is CC(F)(F)c1cc(C23CCC(C(OC(N)=O)c4cccc(Br)c4)(CC2)CC3)no1. The molecule has 3 aliphatic rings. The van der Waals surface area contributed by atoms with Gasteiger partial charge in [0.25, 0.3) is 0 Å². The third kappa shape index (κ3) is 3.67. The molecule has 0 aliphatic heterocycles. The smallest absolute Gasteiger partial charge is 0.405 e. The van der Waals surface area contributed by atoms with Crippen molar-refractivity contribution in [1.82, 2.24) is 5.16 Å². The highest BCUT2D eigenvalue weighted by Crippen LogP contribution is 2.62. The third-order valence-corrected chi connectivity index (χ3v) is 7.23. The zero-order valence-electron chi connectivity index (χ0n) is 16.1. The molecule has 1 heterocycles. The summed E-state index contributed by atoms with van der Waals surface area (Å²) in [5, 5.41) is 3.99. The van der Waals surface area contributed by atoms with Crippen molar-refractivity contribution in [2.45, 2.75) is 62.9 Å². The minimum Gasteiger partial charge on any atom is -0.441 e. The molecule has 1 amide bonds. The lowest BCUT2D eigenvalue weighted by Gasteiger charge is -2.55. The number of hydrogen-bond acceptors (Lipinski definition) is 4. The van der Waals surface area contributed by atoms with Crippen LogP contribution in [0.2, 0.25) is 0 Å². The van der Waals surface area contributed by atoms with Crippen molar-refractivity contribution in [3.05, 3.63) is 51.8 Å². The Labute approximate surface area is 176 Å². The highest BCUT2D eigenvalue weighted by molar-refractivity contribution is 9.10. The van der Waals surface area contributed by atoms with Gasteiger partial charge in [0.15, 0.2) is 0 Å². The maximum absolute atomic E-state index is 13.6. The Morgan fingerprint density at radius 3 is 2.41 bits per heavy atom. The summed E-state index contributed by atoms with van der Waals surface area (Å²) in [6.45, 7) is 0.811. The van der Waals surface area contributed by atoms with Gasteiger partial charge in [0.1, 0.15) is 6.10 Å². The van der Waals surface area contributed by atoms with E-state index in [1.807, 2.05) is 24.3 Å². The Balaban J connectivity index is 1.61. The maximum atomic E-state index is 13.6. The predicted octanol–water partition coefficient (Wildman–Crippen LogP) is 5.98. The Hall–Kier alpha value is -1.96. The van der Waals surface area contributed by atoms with Crippen molar-refractivity contribution >= 4 is 22.0 Å². The molecule has 3 fully saturated rings. The summed E-state index contributed by atoms with van der Waals surface area (Å²) < 4.78 is 38.6. The van der Waals surface area contributed by atoms with Crippen LogP contribution in [0.1, 0.15) is 68.6 Å². The van der Waals surface area contributed by atoms with Crippen LogP contribution in [0.4, 0.5) is 13.6 Å². The molecule has 8 heteroatoms. The molecule has 3 aliphatic carbocycles. The summed E-state index contributed by atoms with van der Waals surface area (Å²) in [6.07, 6.45) is 3.48. The van der Waals surface area contributed by atoms with Gasteiger partial charge in [-0.05, 0) is 56.2 Å². The van der Waals surface area contributed by atoms with Crippen molar-refractivity contribution in [3.63, 3.8) is 0 Å². The number of alkyl halides is 2. The second kappa shape index (κ2) is 7.07. The summed E-state index contributed by atoms with van der Waals surface area (Å²) in [5.74, 6) is -3.44. The van der Waals surface area contributed by atoms with Crippen LogP contribution in [-0.2, 0) is 16.1 Å². The van der Waals surface area contributed by atoms with Gasteiger partial charge in [0.2, 0.25) is 5.76 Å². The van der Waals surface area contributed by atoms with Crippen LogP contribution >= 0.6 is 15.9 Å². The van der Waals surface area contributed by atoms with Crippen molar-refractivity contribution in [2.75, 3.05) is 0 Å². The molecule has 1 unspecified atom stereocenters. The molecule has 0 saturated heterocycles. The number of rotatable bonds is 5. The van der Waals surface area contributed by atoms with Gasteiger partial charge < -0.3 is 15.0 Å². The van der Waals surface area contributed by atoms with E-state index in [1.54, 1.807) is 0 Å². The highest BCUT2D eigenvalue weighted by Gasteiger charge is 2.55. The minimum atomic E-state index is -3.05. The Morgan fingerprint density at radius 2 is 1.90 bits per heavy atom. The van der Waals surface area contributed by atoms with E-state index in [2.05, 4.69) is 21.1 Å². The average Bonchev–Trinajstić information content (AvgIpc) is 3.19. The maximum Gasteiger partial charge on any atom is 0.405 e. The number of carbonyl (C=O) groups is 1. The number of aromatic nitrogens is 1. The van der Waals surface area contributed by atoms with Gasteiger partial charge in [0.05, 0.1) is 5.69 Å². The molecule has 5 nitrogen and oxygen atoms in total. The first-order valence-electron chi connectivity index (χ1n) is 9.71. The summed E-state index contributed by atoms with van der Waals surface area (Å²) in [6, 6.07) is 9.12. The number of primary amides is 1. The third-order valence-electron chi connectivity index (χ3n) is 6.73. The molecule has 0 spiro atoms. The van der Waals surface area contributed by atoms with Gasteiger partial charge in [-0.2, -0.15) is 8.78 Å². The van der Waals surface area contributed by atoms with E-state index in [1.165, 1.54) is 6.07 Å². The first-order valence-corrected chi connectivity index (χ1v) is 10.5. The minimum absolute atomic E-state index is 0.223. The first kappa shape index (κ1) is 20.3. The second-order valence-corrected chi connectivity index (χ2v) is 9.40. The Bertz CT molecular complexity index is 900. The molecular formula is C21H23BrF2N2O3. The lowest BCUT2D eigenvalue weighted by molar-refractivity contribution is -0.0714. The van der Waals surface area contributed by atoms with Crippen molar-refractivity contribution in [2.24, 2.45) is 11.1 Å². The number of fused-ring (bicyclic) bond motifs is 3. The Kier molecular flexibility index (Phi) is 4.96. The van der Waals surface area contributed by atoms with Gasteiger partial charge >= 0.3 is 12.0 Å². The number of benzene rings is 1. The molecule has 156 valence electrons. The van der Waals surface area contributed by atoms with Crippen molar-refractivity contribution in [1.29, 1.82) is 0 Å². The van der Waals surface area contributed by atoms with Gasteiger partial charge in [-0.3, -0.25) is 0 Å². The van der Waals surface area contributed by atoms with Crippen LogP contribution in [0, 0.1) is 5.41 Å². The second-order valence-electron chi connectivity index (χ2n) is 8.48. The van der Waals surface area contributed by atoms with Crippen LogP contribution in [0.3, 0.4) is 0 Å². The normalized spacial score (nSPS) is 27.6. The number of carbonyl (C=O) groups excluding carboxylic acids is 1. The molecule has 2 N–H and O–H groups in total. The largest absolute Gasteiger partial charge is 0.441 e. The molecule has 1 atom stereocenters. The highest BCUT2D eigenvalue weighted by atomic mass is 79.9. The van der Waals surface area contributed by atoms with E-state index >= 15 is 0 Å². The average molecular weight is 469 g/mol. The molecular weight excluding hydrogens is 446 g/mol. The van der Waals surface area contributed by atoms with E-state index in [0.717, 1.165) is 55.5 Å². The van der Waals surface area contributed by atoms with Crippen LogP contribution in [-0.4, -0.2) is 11.2 Å². The van der Waals surface area contributed by atoms with Gasteiger partial charge in [0, 0.05) is 28.3 Å². The van der Waals surface area contributed by atoms with Crippen LogP contribution in [0.5, 0.6) is 0 Å². The molecule has 1 aromatic heterocycles. The van der Waals surface area contributed by atoms with E-state index in [9.17, 15) is 13.6 Å². The van der Waals surface area contributed by atoms with Crippen LogP contribution < -0.4 is 5.73 Å². The fourth-order valence-electron chi connectivity index (χ4n) is 5.06. The van der Waals surface area contributed by atoms with E-state index in [4.69, 9.17) is 15.0 Å². The number of nitrogens with zero attached hydrogens (tertiary/aromatic N) is 1.